The van der Waals surface area contributed by atoms with Crippen LogP contribution >= 0.6 is 11.6 Å². The van der Waals surface area contributed by atoms with E-state index in [9.17, 15) is 4.79 Å². The highest BCUT2D eigenvalue weighted by atomic mass is 35.5. The SMILES string of the molecule is O=C(C1CCCCC1)N1CCN(c2ncnc3c2cnn3-c2cccc(Cl)c2)CC1. The zero-order valence-corrected chi connectivity index (χ0v) is 17.6. The van der Waals surface area contributed by atoms with E-state index in [1.54, 1.807) is 11.0 Å². The average molecular weight is 425 g/mol. The van der Waals surface area contributed by atoms with E-state index in [0.29, 0.717) is 10.9 Å². The first-order chi connectivity index (χ1) is 14.7. The van der Waals surface area contributed by atoms with Gasteiger partial charge in [0.15, 0.2) is 5.65 Å². The second-order valence-electron chi connectivity index (χ2n) is 8.12. The van der Waals surface area contributed by atoms with Gasteiger partial charge in [0.05, 0.1) is 17.3 Å². The molecule has 5 rings (SSSR count). The van der Waals surface area contributed by atoms with Crippen LogP contribution in [0.2, 0.25) is 5.02 Å². The van der Waals surface area contributed by atoms with Crippen LogP contribution in [0.3, 0.4) is 0 Å². The summed E-state index contributed by atoms with van der Waals surface area (Å²) < 4.78 is 1.79. The molecule has 0 radical (unpaired) electrons. The first-order valence-electron chi connectivity index (χ1n) is 10.7. The summed E-state index contributed by atoms with van der Waals surface area (Å²) in [6.45, 7) is 3.02. The Hall–Kier alpha value is -2.67. The number of rotatable bonds is 3. The minimum Gasteiger partial charge on any atom is -0.352 e. The smallest absolute Gasteiger partial charge is 0.225 e. The van der Waals surface area contributed by atoms with Crippen molar-refractivity contribution in [2.45, 2.75) is 32.1 Å². The molecular weight excluding hydrogens is 400 g/mol. The summed E-state index contributed by atoms with van der Waals surface area (Å²) in [4.78, 5) is 26.1. The molecule has 3 heterocycles. The lowest BCUT2D eigenvalue weighted by atomic mass is 9.88. The molecule has 1 aliphatic carbocycles. The first kappa shape index (κ1) is 19.3. The molecule has 2 fully saturated rings. The monoisotopic (exact) mass is 424 g/mol. The number of amides is 1. The molecule has 0 N–H and O–H groups in total. The third-order valence-corrected chi connectivity index (χ3v) is 6.48. The summed E-state index contributed by atoms with van der Waals surface area (Å²) in [5, 5.41) is 6.09. The second kappa shape index (κ2) is 8.22. The van der Waals surface area contributed by atoms with Gasteiger partial charge in [-0.25, -0.2) is 14.6 Å². The molecule has 1 amide bonds. The van der Waals surface area contributed by atoms with Crippen molar-refractivity contribution in [1.82, 2.24) is 24.6 Å². The zero-order chi connectivity index (χ0) is 20.5. The van der Waals surface area contributed by atoms with Gasteiger partial charge in [0.2, 0.25) is 5.91 Å². The summed E-state index contributed by atoms with van der Waals surface area (Å²) in [6.07, 6.45) is 9.13. The van der Waals surface area contributed by atoms with Gasteiger partial charge in [0.1, 0.15) is 12.1 Å². The van der Waals surface area contributed by atoms with Crippen molar-refractivity contribution in [2.75, 3.05) is 31.1 Å². The van der Waals surface area contributed by atoms with Gasteiger partial charge in [-0.15, -0.1) is 0 Å². The first-order valence-corrected chi connectivity index (χ1v) is 11.1. The van der Waals surface area contributed by atoms with E-state index in [0.717, 1.165) is 61.6 Å². The molecule has 1 aliphatic heterocycles. The van der Waals surface area contributed by atoms with E-state index in [1.807, 2.05) is 35.4 Å². The Morgan fingerprint density at radius 1 is 1.03 bits per heavy atom. The number of piperazine rings is 1. The number of carbonyl (C=O) groups excluding carboxylic acids is 1. The van der Waals surface area contributed by atoms with Gasteiger partial charge in [-0.2, -0.15) is 5.10 Å². The van der Waals surface area contributed by atoms with Crippen LogP contribution in [-0.2, 0) is 4.79 Å². The Morgan fingerprint density at radius 3 is 2.60 bits per heavy atom. The Kier molecular flexibility index (Phi) is 5.29. The zero-order valence-electron chi connectivity index (χ0n) is 16.9. The van der Waals surface area contributed by atoms with Crippen molar-refractivity contribution >= 4 is 34.4 Å². The van der Waals surface area contributed by atoms with Crippen molar-refractivity contribution in [2.24, 2.45) is 5.92 Å². The lowest BCUT2D eigenvalue weighted by Crippen LogP contribution is -2.50. The van der Waals surface area contributed by atoms with Crippen molar-refractivity contribution in [1.29, 1.82) is 0 Å². The number of hydrogen-bond acceptors (Lipinski definition) is 5. The molecule has 3 aromatic rings. The van der Waals surface area contributed by atoms with E-state index < -0.39 is 0 Å². The molecule has 0 bridgehead atoms. The van der Waals surface area contributed by atoms with Crippen LogP contribution in [0.5, 0.6) is 0 Å². The molecule has 2 aliphatic rings. The molecule has 2 aromatic heterocycles. The highest BCUT2D eigenvalue weighted by Gasteiger charge is 2.29. The van der Waals surface area contributed by atoms with Gasteiger partial charge in [-0.3, -0.25) is 4.79 Å². The van der Waals surface area contributed by atoms with Crippen LogP contribution in [0.4, 0.5) is 5.82 Å². The summed E-state index contributed by atoms with van der Waals surface area (Å²) in [5.41, 5.74) is 1.62. The van der Waals surface area contributed by atoms with Crippen LogP contribution < -0.4 is 4.90 Å². The summed E-state index contributed by atoms with van der Waals surface area (Å²) >= 11 is 6.15. The fourth-order valence-electron chi connectivity index (χ4n) is 4.63. The minimum atomic E-state index is 0.229. The van der Waals surface area contributed by atoms with E-state index in [4.69, 9.17) is 11.6 Å². The topological polar surface area (TPSA) is 67.2 Å². The number of anilines is 1. The van der Waals surface area contributed by atoms with Gasteiger partial charge in [0, 0.05) is 37.1 Å². The summed E-state index contributed by atoms with van der Waals surface area (Å²) in [6, 6.07) is 7.56. The van der Waals surface area contributed by atoms with Crippen molar-refractivity contribution < 1.29 is 4.79 Å². The molecule has 0 atom stereocenters. The predicted octanol–water partition coefficient (Wildman–Crippen LogP) is 3.70. The van der Waals surface area contributed by atoms with Gasteiger partial charge < -0.3 is 9.80 Å². The van der Waals surface area contributed by atoms with Crippen molar-refractivity contribution in [3.63, 3.8) is 0 Å². The maximum Gasteiger partial charge on any atom is 0.225 e. The highest BCUT2D eigenvalue weighted by molar-refractivity contribution is 6.30. The van der Waals surface area contributed by atoms with Gasteiger partial charge in [-0.05, 0) is 31.0 Å². The summed E-state index contributed by atoms with van der Waals surface area (Å²) in [7, 11) is 0. The average Bonchev–Trinajstić information content (AvgIpc) is 3.24. The summed E-state index contributed by atoms with van der Waals surface area (Å²) in [5.74, 6) is 1.45. The highest BCUT2D eigenvalue weighted by Crippen LogP contribution is 2.28. The third-order valence-electron chi connectivity index (χ3n) is 6.24. The predicted molar refractivity (Wildman–Crippen MR) is 117 cm³/mol. The molecule has 1 saturated heterocycles. The van der Waals surface area contributed by atoms with Crippen LogP contribution in [0.25, 0.3) is 16.7 Å². The molecule has 7 nitrogen and oxygen atoms in total. The number of benzene rings is 1. The fourth-order valence-corrected chi connectivity index (χ4v) is 4.81. The largest absolute Gasteiger partial charge is 0.352 e. The Labute approximate surface area is 180 Å². The minimum absolute atomic E-state index is 0.229. The molecule has 1 saturated carbocycles. The maximum absolute atomic E-state index is 12.9. The normalized spacial score (nSPS) is 18.2. The standard InChI is InChI=1S/C22H25ClN6O/c23-17-7-4-8-18(13-17)29-21-19(14-26-29)20(24-15-25-21)27-9-11-28(12-10-27)22(30)16-5-2-1-3-6-16/h4,7-8,13-16H,1-3,5-6,9-12H2. The second-order valence-corrected chi connectivity index (χ2v) is 8.55. The van der Waals surface area contributed by atoms with Gasteiger partial charge in [-0.1, -0.05) is 36.9 Å². The number of aromatic nitrogens is 4. The molecular formula is C22H25ClN6O. The Bertz CT molecular complexity index is 1050. The Balaban J connectivity index is 1.34. The molecule has 0 spiro atoms. The molecule has 30 heavy (non-hydrogen) atoms. The van der Waals surface area contributed by atoms with Crippen molar-refractivity contribution in [3.05, 3.63) is 41.8 Å². The van der Waals surface area contributed by atoms with Gasteiger partial charge in [0.25, 0.3) is 0 Å². The molecule has 156 valence electrons. The number of nitrogens with zero attached hydrogens (tertiary/aromatic N) is 6. The van der Waals surface area contributed by atoms with Crippen LogP contribution in [0.1, 0.15) is 32.1 Å². The third kappa shape index (κ3) is 3.62. The van der Waals surface area contributed by atoms with Crippen LogP contribution in [-0.4, -0.2) is 56.7 Å². The molecule has 1 aromatic carbocycles. The number of halogens is 1. The van der Waals surface area contributed by atoms with Crippen LogP contribution in [0, 0.1) is 5.92 Å². The molecule has 8 heteroatoms. The lowest BCUT2D eigenvalue weighted by molar-refractivity contribution is -0.136. The fraction of sp³-hybridized carbons (Fsp3) is 0.455. The van der Waals surface area contributed by atoms with E-state index in [1.165, 1.54) is 19.3 Å². The lowest BCUT2D eigenvalue weighted by Gasteiger charge is -2.37. The van der Waals surface area contributed by atoms with Crippen LogP contribution in [0.15, 0.2) is 36.8 Å². The van der Waals surface area contributed by atoms with Crippen molar-refractivity contribution in [3.8, 4) is 5.69 Å². The number of carbonyl (C=O) groups is 1. The Morgan fingerprint density at radius 2 is 1.83 bits per heavy atom. The van der Waals surface area contributed by atoms with E-state index in [2.05, 4.69) is 20.0 Å². The van der Waals surface area contributed by atoms with E-state index in [-0.39, 0.29) is 5.92 Å². The quantitative estimate of drug-likeness (QED) is 0.641. The number of fused-ring (bicyclic) bond motifs is 1. The van der Waals surface area contributed by atoms with E-state index >= 15 is 0 Å². The van der Waals surface area contributed by atoms with Gasteiger partial charge >= 0.3 is 0 Å². The number of hydrogen-bond donors (Lipinski definition) is 0. The molecule has 0 unspecified atom stereocenters. The maximum atomic E-state index is 12.9.